The van der Waals surface area contributed by atoms with E-state index in [0.717, 1.165) is 12.8 Å². The quantitative estimate of drug-likeness (QED) is 0.622. The summed E-state index contributed by atoms with van der Waals surface area (Å²) in [7, 11) is 0. The molecule has 3 nitrogen and oxygen atoms in total. The number of nitrogens with one attached hydrogen (secondary N) is 1. The minimum Gasteiger partial charge on any atom is -0.331 e. The van der Waals surface area contributed by atoms with Gasteiger partial charge in [0, 0.05) is 25.0 Å². The van der Waals surface area contributed by atoms with E-state index in [-0.39, 0.29) is 17.0 Å². The molecule has 0 saturated carbocycles. The van der Waals surface area contributed by atoms with Crippen molar-refractivity contribution < 1.29 is 4.79 Å². The van der Waals surface area contributed by atoms with Gasteiger partial charge in [-0.2, -0.15) is 0 Å². The van der Waals surface area contributed by atoms with E-state index < -0.39 is 0 Å². The van der Waals surface area contributed by atoms with Crippen molar-refractivity contribution in [3.8, 4) is 0 Å². The molecule has 0 aromatic rings. The molecular formula is C20H30N2O. The van der Waals surface area contributed by atoms with E-state index in [0.29, 0.717) is 32.4 Å². The topological polar surface area (TPSA) is 32.3 Å². The number of hydrogen-bond donors (Lipinski definition) is 1. The SMILES string of the molecule is C=CCN1C(=O)CC(CC=C)(CC=C)NCC1(CC=C)CC=C. The van der Waals surface area contributed by atoms with Crippen LogP contribution in [0.1, 0.15) is 32.1 Å². The summed E-state index contributed by atoms with van der Waals surface area (Å²) in [5.41, 5.74) is -0.664. The third kappa shape index (κ3) is 4.32. The molecule has 1 aliphatic heterocycles. The summed E-state index contributed by atoms with van der Waals surface area (Å²) in [5.74, 6) is 0.127. The molecule has 126 valence electrons. The summed E-state index contributed by atoms with van der Waals surface area (Å²) in [6.45, 7) is 20.5. The third-order valence-corrected chi connectivity index (χ3v) is 4.59. The van der Waals surface area contributed by atoms with Crippen LogP contribution in [0.15, 0.2) is 63.3 Å². The smallest absolute Gasteiger partial charge is 0.225 e. The molecule has 1 aliphatic rings. The van der Waals surface area contributed by atoms with Gasteiger partial charge in [0.25, 0.3) is 0 Å². The molecule has 23 heavy (non-hydrogen) atoms. The molecule has 1 fully saturated rings. The van der Waals surface area contributed by atoms with Crippen LogP contribution in [0.4, 0.5) is 0 Å². The molecule has 1 saturated heterocycles. The number of carbonyl (C=O) groups is 1. The van der Waals surface area contributed by atoms with Gasteiger partial charge in [-0.3, -0.25) is 4.79 Å². The van der Waals surface area contributed by atoms with Crippen LogP contribution in [0.5, 0.6) is 0 Å². The predicted molar refractivity (Wildman–Crippen MR) is 99.2 cm³/mol. The van der Waals surface area contributed by atoms with Crippen LogP contribution in [-0.4, -0.2) is 35.0 Å². The number of hydrogen-bond acceptors (Lipinski definition) is 2. The molecule has 0 radical (unpaired) electrons. The van der Waals surface area contributed by atoms with Gasteiger partial charge in [0.15, 0.2) is 0 Å². The van der Waals surface area contributed by atoms with Gasteiger partial charge in [-0.1, -0.05) is 30.4 Å². The van der Waals surface area contributed by atoms with Gasteiger partial charge in [-0.25, -0.2) is 0 Å². The Kier molecular flexibility index (Phi) is 7.24. The summed E-state index contributed by atoms with van der Waals surface area (Å²) >= 11 is 0. The Balaban J connectivity index is 3.30. The summed E-state index contributed by atoms with van der Waals surface area (Å²) in [6.07, 6.45) is 12.6. The molecule has 1 amide bonds. The zero-order valence-corrected chi connectivity index (χ0v) is 14.2. The minimum absolute atomic E-state index is 0.127. The maximum absolute atomic E-state index is 13.0. The number of carbonyl (C=O) groups excluding carboxylic acids is 1. The molecule has 0 aliphatic carbocycles. The lowest BCUT2D eigenvalue weighted by Gasteiger charge is -2.42. The van der Waals surface area contributed by atoms with Crippen LogP contribution < -0.4 is 5.32 Å². The third-order valence-electron chi connectivity index (χ3n) is 4.59. The first kappa shape index (κ1) is 19.2. The summed E-state index contributed by atoms with van der Waals surface area (Å²) in [5, 5.41) is 3.64. The first-order chi connectivity index (χ1) is 11.0. The lowest BCUT2D eigenvalue weighted by Crippen LogP contribution is -2.55. The summed E-state index contributed by atoms with van der Waals surface area (Å²) in [4.78, 5) is 15.0. The summed E-state index contributed by atoms with van der Waals surface area (Å²) < 4.78 is 0. The van der Waals surface area contributed by atoms with Gasteiger partial charge in [-0.15, -0.1) is 32.9 Å². The van der Waals surface area contributed by atoms with Crippen molar-refractivity contribution in [1.29, 1.82) is 0 Å². The first-order valence-corrected chi connectivity index (χ1v) is 8.13. The molecule has 1 heterocycles. The molecule has 0 bridgehead atoms. The zero-order valence-electron chi connectivity index (χ0n) is 14.2. The molecule has 0 unspecified atom stereocenters. The van der Waals surface area contributed by atoms with E-state index in [1.54, 1.807) is 6.08 Å². The summed E-state index contributed by atoms with van der Waals surface area (Å²) in [6, 6.07) is 0. The Bertz CT molecular complexity index is 458. The molecule has 3 heteroatoms. The molecule has 1 rings (SSSR count). The number of rotatable bonds is 10. The monoisotopic (exact) mass is 314 g/mol. The first-order valence-electron chi connectivity index (χ1n) is 8.13. The van der Waals surface area contributed by atoms with Gasteiger partial charge in [-0.05, 0) is 25.7 Å². The van der Waals surface area contributed by atoms with Gasteiger partial charge in [0.1, 0.15) is 0 Å². The number of amides is 1. The van der Waals surface area contributed by atoms with Gasteiger partial charge in [0.2, 0.25) is 5.91 Å². The molecular weight excluding hydrogens is 284 g/mol. The fourth-order valence-corrected chi connectivity index (χ4v) is 3.49. The van der Waals surface area contributed by atoms with Gasteiger partial charge >= 0.3 is 0 Å². The minimum atomic E-state index is -0.348. The van der Waals surface area contributed by atoms with Crippen LogP contribution in [0.25, 0.3) is 0 Å². The Morgan fingerprint density at radius 3 is 1.87 bits per heavy atom. The van der Waals surface area contributed by atoms with Crippen LogP contribution in [-0.2, 0) is 4.79 Å². The second-order valence-electron chi connectivity index (χ2n) is 6.30. The van der Waals surface area contributed by atoms with E-state index in [9.17, 15) is 4.79 Å². The molecule has 0 atom stereocenters. The van der Waals surface area contributed by atoms with Crippen LogP contribution >= 0.6 is 0 Å². The maximum atomic E-state index is 13.0. The highest BCUT2D eigenvalue weighted by Gasteiger charge is 2.45. The van der Waals surface area contributed by atoms with Crippen LogP contribution in [0.3, 0.4) is 0 Å². The Hall–Kier alpha value is -1.87. The Labute approximate surface area is 141 Å². The molecule has 0 aromatic heterocycles. The Morgan fingerprint density at radius 1 is 0.913 bits per heavy atom. The second kappa shape index (κ2) is 8.68. The van der Waals surface area contributed by atoms with Gasteiger partial charge < -0.3 is 10.2 Å². The fraction of sp³-hybridized carbons (Fsp3) is 0.450. The fourth-order valence-electron chi connectivity index (χ4n) is 3.49. The van der Waals surface area contributed by atoms with Crippen molar-refractivity contribution >= 4 is 5.91 Å². The molecule has 0 spiro atoms. The average molecular weight is 314 g/mol. The molecule has 1 N–H and O–H groups in total. The van der Waals surface area contributed by atoms with Crippen molar-refractivity contribution in [3.05, 3.63) is 63.3 Å². The zero-order chi connectivity index (χ0) is 17.3. The average Bonchev–Trinajstić information content (AvgIpc) is 2.60. The highest BCUT2D eigenvalue weighted by atomic mass is 16.2. The van der Waals surface area contributed by atoms with Crippen LogP contribution in [0, 0.1) is 0 Å². The molecule has 0 aromatic carbocycles. The van der Waals surface area contributed by atoms with Crippen molar-refractivity contribution in [2.45, 2.75) is 43.2 Å². The maximum Gasteiger partial charge on any atom is 0.225 e. The second-order valence-corrected chi connectivity index (χ2v) is 6.30. The van der Waals surface area contributed by atoms with E-state index in [1.165, 1.54) is 0 Å². The lowest BCUT2D eigenvalue weighted by atomic mass is 9.86. The van der Waals surface area contributed by atoms with E-state index in [4.69, 9.17) is 0 Å². The van der Waals surface area contributed by atoms with Crippen molar-refractivity contribution in [1.82, 2.24) is 10.2 Å². The Morgan fingerprint density at radius 2 is 1.43 bits per heavy atom. The normalized spacial score (nSPS) is 19.5. The van der Waals surface area contributed by atoms with Crippen molar-refractivity contribution in [2.24, 2.45) is 0 Å². The standard InChI is InChI=1S/C20H30N2O/c1-6-11-19(12-7-2)16-18(23)22(15-10-5)20(13-8-3,14-9-4)17-21-19/h6-10,21H,1-5,11-17H2. The van der Waals surface area contributed by atoms with E-state index in [2.05, 4.69) is 38.2 Å². The van der Waals surface area contributed by atoms with Crippen molar-refractivity contribution in [3.63, 3.8) is 0 Å². The van der Waals surface area contributed by atoms with Crippen molar-refractivity contribution in [2.75, 3.05) is 13.1 Å². The van der Waals surface area contributed by atoms with Crippen LogP contribution in [0.2, 0.25) is 0 Å². The largest absolute Gasteiger partial charge is 0.331 e. The predicted octanol–water partition coefficient (Wildman–Crippen LogP) is 3.78. The highest BCUT2D eigenvalue weighted by Crippen LogP contribution is 2.34. The number of nitrogens with zero attached hydrogens (tertiary/aromatic N) is 1. The highest BCUT2D eigenvalue weighted by molar-refractivity contribution is 5.79. The van der Waals surface area contributed by atoms with E-state index >= 15 is 0 Å². The van der Waals surface area contributed by atoms with E-state index in [1.807, 2.05) is 29.2 Å². The van der Waals surface area contributed by atoms with Gasteiger partial charge in [0.05, 0.1) is 5.54 Å². The lowest BCUT2D eigenvalue weighted by molar-refractivity contribution is -0.136.